The Balaban J connectivity index is 2.61. The smallest absolute Gasteiger partial charge is 0.306 e. The number of esters is 1. The van der Waals surface area contributed by atoms with E-state index in [1.54, 1.807) is 19.2 Å². The van der Waals surface area contributed by atoms with Gasteiger partial charge in [0.15, 0.2) is 5.78 Å². The minimum atomic E-state index is -0.202. The van der Waals surface area contributed by atoms with Crippen LogP contribution in [0.25, 0.3) is 0 Å². The third kappa shape index (κ3) is 10.2. The number of ketones is 1. The normalized spacial score (nSPS) is 11.9. The van der Waals surface area contributed by atoms with Crippen LogP contribution in [0.1, 0.15) is 69.7 Å². The highest BCUT2D eigenvalue weighted by atomic mass is 35.5. The summed E-state index contributed by atoms with van der Waals surface area (Å²) in [6, 6.07) is 3.41. The van der Waals surface area contributed by atoms with E-state index in [0.717, 1.165) is 37.0 Å². The number of rotatable bonds is 16. The van der Waals surface area contributed by atoms with E-state index < -0.39 is 0 Å². The first-order valence-corrected chi connectivity index (χ1v) is 12.0. The molecule has 0 N–H and O–H groups in total. The number of Topliss-reactive ketones (excluding diaryl/α,β-unsaturated/α-hetero) is 1. The number of hydrogen-bond donors (Lipinski definition) is 0. The van der Waals surface area contributed by atoms with Gasteiger partial charge < -0.3 is 14.2 Å². The van der Waals surface area contributed by atoms with Crippen LogP contribution < -0.4 is 4.74 Å². The second kappa shape index (κ2) is 15.5. The molecule has 0 bridgehead atoms. The molecule has 5 nitrogen and oxygen atoms in total. The Morgan fingerprint density at radius 1 is 1.17 bits per heavy atom. The molecule has 1 aromatic carbocycles. The summed E-state index contributed by atoms with van der Waals surface area (Å²) in [6.45, 7) is 7.36. The summed E-state index contributed by atoms with van der Waals surface area (Å²) in [7, 11) is 1.64. The third-order valence-electron chi connectivity index (χ3n) is 4.75. The number of carbonyl (C=O) groups excluding carboxylic acids is 2. The molecule has 170 valence electrons. The van der Waals surface area contributed by atoms with E-state index in [2.05, 4.69) is 13.8 Å². The lowest BCUT2D eigenvalue weighted by atomic mass is 10.0. The molecule has 0 amide bonds. The number of unbranched alkanes of at least 4 members (excludes halogenated alkanes) is 1. The molecule has 0 fully saturated rings. The van der Waals surface area contributed by atoms with Crippen molar-refractivity contribution in [3.8, 4) is 5.75 Å². The first-order chi connectivity index (χ1) is 14.4. The van der Waals surface area contributed by atoms with E-state index >= 15 is 0 Å². The molecule has 1 aromatic rings. The molecule has 30 heavy (non-hydrogen) atoms. The van der Waals surface area contributed by atoms with Crippen molar-refractivity contribution >= 4 is 35.1 Å². The number of halogens is 1. The van der Waals surface area contributed by atoms with Crippen molar-refractivity contribution in [1.29, 1.82) is 0 Å². The van der Waals surface area contributed by atoms with Crippen LogP contribution in [0.4, 0.5) is 0 Å². The summed E-state index contributed by atoms with van der Waals surface area (Å²) in [5.74, 6) is 1.21. The fraction of sp³-hybridized carbons (Fsp3) is 0.652. The van der Waals surface area contributed by atoms with E-state index in [9.17, 15) is 9.59 Å². The monoisotopic (exact) mass is 458 g/mol. The average molecular weight is 459 g/mol. The minimum absolute atomic E-state index is 0.0744. The topological polar surface area (TPSA) is 61.8 Å². The Morgan fingerprint density at radius 3 is 2.57 bits per heavy atom. The number of ether oxygens (including phenoxy) is 3. The van der Waals surface area contributed by atoms with Crippen LogP contribution in [0.3, 0.4) is 0 Å². The fourth-order valence-corrected chi connectivity index (χ4v) is 4.11. The van der Waals surface area contributed by atoms with Gasteiger partial charge in [-0.25, -0.2) is 0 Å². The van der Waals surface area contributed by atoms with Crippen LogP contribution in [0.5, 0.6) is 5.75 Å². The Labute approximate surface area is 190 Å². The molecule has 0 heterocycles. The Hall–Kier alpha value is -1.24. The lowest BCUT2D eigenvalue weighted by Gasteiger charge is -2.15. The second-order valence-electron chi connectivity index (χ2n) is 7.23. The highest BCUT2D eigenvalue weighted by Gasteiger charge is 2.15. The number of methoxy groups -OCH3 is 1. The zero-order chi connectivity index (χ0) is 22.4. The van der Waals surface area contributed by atoms with Crippen molar-refractivity contribution < 1.29 is 23.8 Å². The first-order valence-electron chi connectivity index (χ1n) is 10.7. The number of benzene rings is 1. The molecule has 7 heteroatoms. The molecule has 0 aromatic heterocycles. The van der Waals surface area contributed by atoms with E-state index in [1.807, 2.05) is 0 Å². The van der Waals surface area contributed by atoms with Crippen molar-refractivity contribution in [2.75, 3.05) is 32.7 Å². The SMILES string of the molecule is CCCCC(CC)COC(=O)CCSc1cc(OCCCOC)c(Cl)cc1C(C)=O. The molecule has 0 saturated heterocycles. The molecule has 0 aliphatic rings. The predicted molar refractivity (Wildman–Crippen MR) is 123 cm³/mol. The Kier molecular flexibility index (Phi) is 13.9. The van der Waals surface area contributed by atoms with Crippen LogP contribution in [0, 0.1) is 5.92 Å². The highest BCUT2D eigenvalue weighted by Crippen LogP contribution is 2.34. The van der Waals surface area contributed by atoms with Gasteiger partial charge in [0.25, 0.3) is 0 Å². The standard InChI is InChI=1S/C23H35ClO5S/c1-5-7-9-18(6-2)16-29-23(26)10-13-30-22-15-21(28-12-8-11-27-4)20(24)14-19(22)17(3)25/h14-15,18H,5-13,16H2,1-4H3. The van der Waals surface area contributed by atoms with Gasteiger partial charge in [0, 0.05) is 36.3 Å². The van der Waals surface area contributed by atoms with Crippen LogP contribution in [-0.2, 0) is 14.3 Å². The van der Waals surface area contributed by atoms with Crippen molar-refractivity contribution in [1.82, 2.24) is 0 Å². The lowest BCUT2D eigenvalue weighted by molar-refractivity contribution is -0.144. The van der Waals surface area contributed by atoms with Crippen LogP contribution in [0.2, 0.25) is 5.02 Å². The molecule has 1 unspecified atom stereocenters. The maximum Gasteiger partial charge on any atom is 0.306 e. The fourth-order valence-electron chi connectivity index (χ4n) is 2.85. The largest absolute Gasteiger partial charge is 0.492 e. The number of thioether (sulfide) groups is 1. The van der Waals surface area contributed by atoms with Crippen LogP contribution >= 0.6 is 23.4 Å². The molecule has 0 aliphatic heterocycles. The number of hydrogen-bond acceptors (Lipinski definition) is 6. The quantitative estimate of drug-likeness (QED) is 0.127. The maximum absolute atomic E-state index is 12.1. The second-order valence-corrected chi connectivity index (χ2v) is 8.77. The zero-order valence-electron chi connectivity index (χ0n) is 18.6. The summed E-state index contributed by atoms with van der Waals surface area (Å²) in [4.78, 5) is 24.9. The molecule has 0 spiro atoms. The summed E-state index contributed by atoms with van der Waals surface area (Å²) < 4.78 is 16.2. The maximum atomic E-state index is 12.1. The summed E-state index contributed by atoms with van der Waals surface area (Å²) in [5.41, 5.74) is 0.535. The number of carbonyl (C=O) groups is 2. The zero-order valence-corrected chi connectivity index (χ0v) is 20.2. The van der Waals surface area contributed by atoms with Crippen LogP contribution in [0.15, 0.2) is 17.0 Å². The van der Waals surface area contributed by atoms with Gasteiger partial charge in [0.1, 0.15) is 5.75 Å². The van der Waals surface area contributed by atoms with Crippen molar-refractivity contribution in [2.24, 2.45) is 5.92 Å². The molecule has 0 radical (unpaired) electrons. The Morgan fingerprint density at radius 2 is 1.93 bits per heavy atom. The molecular formula is C23H35ClO5S. The minimum Gasteiger partial charge on any atom is -0.492 e. The van der Waals surface area contributed by atoms with Gasteiger partial charge in [0.2, 0.25) is 0 Å². The molecule has 1 rings (SSSR count). The van der Waals surface area contributed by atoms with Gasteiger partial charge in [-0.1, -0.05) is 44.7 Å². The highest BCUT2D eigenvalue weighted by molar-refractivity contribution is 7.99. The van der Waals surface area contributed by atoms with Crippen molar-refractivity contribution in [3.05, 3.63) is 22.7 Å². The third-order valence-corrected chi connectivity index (χ3v) is 6.10. The van der Waals surface area contributed by atoms with Gasteiger partial charge in [-0.3, -0.25) is 9.59 Å². The van der Waals surface area contributed by atoms with Gasteiger partial charge in [-0.2, -0.15) is 0 Å². The van der Waals surface area contributed by atoms with Crippen molar-refractivity contribution in [3.63, 3.8) is 0 Å². The molecular weight excluding hydrogens is 424 g/mol. The van der Waals surface area contributed by atoms with Crippen LogP contribution in [-0.4, -0.2) is 44.4 Å². The van der Waals surface area contributed by atoms with Gasteiger partial charge in [-0.05, 0) is 31.4 Å². The van der Waals surface area contributed by atoms with Gasteiger partial charge in [-0.15, -0.1) is 11.8 Å². The van der Waals surface area contributed by atoms with E-state index in [4.69, 9.17) is 25.8 Å². The summed E-state index contributed by atoms with van der Waals surface area (Å²) in [5, 5.41) is 0.402. The summed E-state index contributed by atoms with van der Waals surface area (Å²) >= 11 is 7.71. The molecule has 1 atom stereocenters. The predicted octanol–water partition coefficient (Wildman–Crippen LogP) is 6.20. The Bertz CT molecular complexity index is 665. The van der Waals surface area contributed by atoms with Crippen molar-refractivity contribution in [2.45, 2.75) is 64.2 Å². The first kappa shape index (κ1) is 26.8. The van der Waals surface area contributed by atoms with Gasteiger partial charge >= 0.3 is 5.97 Å². The average Bonchev–Trinajstić information content (AvgIpc) is 2.72. The lowest BCUT2D eigenvalue weighted by Crippen LogP contribution is -2.14. The van der Waals surface area contributed by atoms with Gasteiger partial charge in [0.05, 0.1) is 24.7 Å². The molecule has 0 aliphatic carbocycles. The van der Waals surface area contributed by atoms with E-state index in [0.29, 0.717) is 54.2 Å². The molecule has 0 saturated carbocycles. The summed E-state index contributed by atoms with van der Waals surface area (Å²) in [6.07, 6.45) is 5.45. The van der Waals surface area contributed by atoms with E-state index in [1.165, 1.54) is 18.7 Å². The van der Waals surface area contributed by atoms with E-state index in [-0.39, 0.29) is 11.8 Å².